The standard InChI is InChI=1S/C13H11F3O2/c1-8-2-4-9(5-3-8)10-6-7-11(18-10)12(17)13(14,15)16/h2-7,12,17H,1H3/t12-/m1/s1. The lowest BCUT2D eigenvalue weighted by atomic mass is 10.1. The summed E-state index contributed by atoms with van der Waals surface area (Å²) in [7, 11) is 0. The third-order valence-corrected chi connectivity index (χ3v) is 2.54. The van der Waals surface area contributed by atoms with Gasteiger partial charge >= 0.3 is 6.18 Å². The van der Waals surface area contributed by atoms with E-state index < -0.39 is 18.0 Å². The van der Waals surface area contributed by atoms with E-state index in [4.69, 9.17) is 9.52 Å². The molecule has 96 valence electrons. The zero-order chi connectivity index (χ0) is 13.3. The number of aliphatic hydroxyl groups is 1. The number of rotatable bonds is 2. The van der Waals surface area contributed by atoms with Gasteiger partial charge in [0.25, 0.3) is 0 Å². The SMILES string of the molecule is Cc1ccc(-c2ccc([C@@H](O)C(F)(F)F)o2)cc1. The van der Waals surface area contributed by atoms with Gasteiger partial charge in [0.15, 0.2) is 0 Å². The maximum Gasteiger partial charge on any atom is 0.421 e. The molecule has 0 unspecified atom stereocenters. The largest absolute Gasteiger partial charge is 0.458 e. The van der Waals surface area contributed by atoms with Gasteiger partial charge in [0.05, 0.1) is 0 Å². The molecule has 0 fully saturated rings. The predicted octanol–water partition coefficient (Wildman–Crippen LogP) is 3.85. The van der Waals surface area contributed by atoms with Crippen LogP contribution in [-0.2, 0) is 0 Å². The quantitative estimate of drug-likeness (QED) is 0.885. The Kier molecular flexibility index (Phi) is 3.17. The topological polar surface area (TPSA) is 33.4 Å². The third-order valence-electron chi connectivity index (χ3n) is 2.54. The minimum atomic E-state index is -4.72. The molecule has 0 aliphatic carbocycles. The fourth-order valence-electron chi connectivity index (χ4n) is 1.53. The van der Waals surface area contributed by atoms with E-state index in [1.54, 1.807) is 12.1 Å². The molecule has 2 nitrogen and oxygen atoms in total. The Bertz CT molecular complexity index is 526. The predicted molar refractivity (Wildman–Crippen MR) is 59.9 cm³/mol. The molecule has 0 bridgehead atoms. The molecule has 0 aliphatic heterocycles. The van der Waals surface area contributed by atoms with Crippen molar-refractivity contribution in [2.75, 3.05) is 0 Å². The van der Waals surface area contributed by atoms with E-state index in [-0.39, 0.29) is 0 Å². The van der Waals surface area contributed by atoms with Gasteiger partial charge in [-0.3, -0.25) is 0 Å². The van der Waals surface area contributed by atoms with Crippen LogP contribution in [0.4, 0.5) is 13.2 Å². The number of hydrogen-bond donors (Lipinski definition) is 1. The van der Waals surface area contributed by atoms with Crippen LogP contribution in [0.25, 0.3) is 11.3 Å². The molecule has 1 aromatic heterocycles. The summed E-state index contributed by atoms with van der Waals surface area (Å²) in [4.78, 5) is 0. The van der Waals surface area contributed by atoms with Crippen molar-refractivity contribution in [1.82, 2.24) is 0 Å². The molecule has 1 aromatic carbocycles. The first-order valence-electron chi connectivity index (χ1n) is 5.29. The van der Waals surface area contributed by atoms with Crippen molar-refractivity contribution in [3.05, 3.63) is 47.7 Å². The van der Waals surface area contributed by atoms with Crippen molar-refractivity contribution in [1.29, 1.82) is 0 Å². The van der Waals surface area contributed by atoms with Crippen LogP contribution in [0.3, 0.4) is 0 Å². The second-order valence-electron chi connectivity index (χ2n) is 4.01. The van der Waals surface area contributed by atoms with Crippen molar-refractivity contribution in [3.8, 4) is 11.3 Å². The van der Waals surface area contributed by atoms with Crippen LogP contribution in [0.5, 0.6) is 0 Å². The average molecular weight is 256 g/mol. The molecule has 0 spiro atoms. The van der Waals surface area contributed by atoms with Gasteiger partial charge in [0.1, 0.15) is 11.5 Å². The van der Waals surface area contributed by atoms with Crippen molar-refractivity contribution >= 4 is 0 Å². The first kappa shape index (κ1) is 12.7. The average Bonchev–Trinajstić information content (AvgIpc) is 2.77. The summed E-state index contributed by atoms with van der Waals surface area (Å²) < 4.78 is 41.9. The van der Waals surface area contributed by atoms with Gasteiger partial charge in [0, 0.05) is 5.56 Å². The van der Waals surface area contributed by atoms with Crippen LogP contribution in [-0.4, -0.2) is 11.3 Å². The zero-order valence-electron chi connectivity index (χ0n) is 9.53. The van der Waals surface area contributed by atoms with Crippen molar-refractivity contribution < 1.29 is 22.7 Å². The summed E-state index contributed by atoms with van der Waals surface area (Å²) in [5, 5.41) is 9.04. The van der Waals surface area contributed by atoms with E-state index in [2.05, 4.69) is 0 Å². The van der Waals surface area contributed by atoms with Gasteiger partial charge < -0.3 is 9.52 Å². The first-order valence-corrected chi connectivity index (χ1v) is 5.29. The molecule has 5 heteroatoms. The summed E-state index contributed by atoms with van der Waals surface area (Å²) in [5.41, 5.74) is 1.71. The molecule has 0 amide bonds. The molecule has 0 aliphatic rings. The Balaban J connectivity index is 2.28. The van der Waals surface area contributed by atoms with Gasteiger partial charge in [-0.05, 0) is 19.1 Å². The van der Waals surface area contributed by atoms with Crippen LogP contribution in [0.15, 0.2) is 40.8 Å². The Morgan fingerprint density at radius 3 is 2.22 bits per heavy atom. The van der Waals surface area contributed by atoms with Gasteiger partial charge in [-0.2, -0.15) is 13.2 Å². The molecular formula is C13H11F3O2. The molecule has 0 saturated carbocycles. The maximum absolute atomic E-state index is 12.3. The highest BCUT2D eigenvalue weighted by atomic mass is 19.4. The van der Waals surface area contributed by atoms with Crippen LogP contribution in [0, 0.1) is 6.92 Å². The van der Waals surface area contributed by atoms with E-state index in [0.717, 1.165) is 11.6 Å². The molecule has 18 heavy (non-hydrogen) atoms. The highest BCUT2D eigenvalue weighted by Crippen LogP contribution is 2.35. The number of benzene rings is 1. The Morgan fingerprint density at radius 1 is 1.06 bits per heavy atom. The van der Waals surface area contributed by atoms with E-state index in [9.17, 15) is 13.2 Å². The van der Waals surface area contributed by atoms with Crippen LogP contribution < -0.4 is 0 Å². The molecule has 1 N–H and O–H groups in total. The molecule has 1 atom stereocenters. The molecule has 2 rings (SSSR count). The molecule has 1 heterocycles. The minimum Gasteiger partial charge on any atom is -0.458 e. The smallest absolute Gasteiger partial charge is 0.421 e. The van der Waals surface area contributed by atoms with Gasteiger partial charge in [-0.15, -0.1) is 0 Å². The second-order valence-corrected chi connectivity index (χ2v) is 4.01. The van der Waals surface area contributed by atoms with E-state index >= 15 is 0 Å². The fourth-order valence-corrected chi connectivity index (χ4v) is 1.53. The Labute approximate surface area is 102 Å². The Hall–Kier alpha value is -1.75. The van der Waals surface area contributed by atoms with Gasteiger partial charge in [-0.1, -0.05) is 29.8 Å². The molecule has 0 radical (unpaired) electrons. The summed E-state index contributed by atoms with van der Waals surface area (Å²) >= 11 is 0. The molecule has 2 aromatic rings. The zero-order valence-corrected chi connectivity index (χ0v) is 9.53. The summed E-state index contributed by atoms with van der Waals surface area (Å²) in [6, 6.07) is 9.70. The molecule has 0 saturated heterocycles. The number of hydrogen-bond acceptors (Lipinski definition) is 2. The van der Waals surface area contributed by atoms with Gasteiger partial charge in [0.2, 0.25) is 6.10 Å². The number of furan rings is 1. The lowest BCUT2D eigenvalue weighted by Crippen LogP contribution is -2.19. The fraction of sp³-hybridized carbons (Fsp3) is 0.231. The lowest BCUT2D eigenvalue weighted by molar-refractivity contribution is -0.211. The summed E-state index contributed by atoms with van der Waals surface area (Å²) in [6.07, 6.45) is -7.31. The number of aryl methyl sites for hydroxylation is 1. The monoisotopic (exact) mass is 256 g/mol. The lowest BCUT2D eigenvalue weighted by Gasteiger charge is -2.11. The Morgan fingerprint density at radius 2 is 1.67 bits per heavy atom. The van der Waals surface area contributed by atoms with Crippen LogP contribution in [0.1, 0.15) is 17.4 Å². The minimum absolute atomic E-state index is 0.299. The number of aliphatic hydroxyl groups excluding tert-OH is 1. The molecular weight excluding hydrogens is 245 g/mol. The van der Waals surface area contributed by atoms with E-state index in [1.807, 2.05) is 19.1 Å². The third kappa shape index (κ3) is 2.56. The van der Waals surface area contributed by atoms with Crippen LogP contribution >= 0.6 is 0 Å². The number of alkyl halides is 3. The highest BCUT2D eigenvalue weighted by molar-refractivity contribution is 5.57. The first-order chi connectivity index (χ1) is 8.38. The van der Waals surface area contributed by atoms with Crippen LogP contribution in [0.2, 0.25) is 0 Å². The van der Waals surface area contributed by atoms with Crippen molar-refractivity contribution in [2.24, 2.45) is 0 Å². The summed E-state index contributed by atoms with van der Waals surface area (Å²) in [6.45, 7) is 1.91. The van der Waals surface area contributed by atoms with Crippen molar-refractivity contribution in [2.45, 2.75) is 19.2 Å². The maximum atomic E-state index is 12.3. The number of halogens is 3. The van der Waals surface area contributed by atoms with Crippen molar-refractivity contribution in [3.63, 3.8) is 0 Å². The van der Waals surface area contributed by atoms with E-state index in [1.165, 1.54) is 6.07 Å². The normalized spacial score (nSPS) is 13.6. The summed E-state index contributed by atoms with van der Waals surface area (Å²) in [5.74, 6) is -0.202. The second kappa shape index (κ2) is 4.49. The van der Waals surface area contributed by atoms with Gasteiger partial charge in [-0.25, -0.2) is 0 Å². The highest BCUT2D eigenvalue weighted by Gasteiger charge is 2.41. The van der Waals surface area contributed by atoms with E-state index in [0.29, 0.717) is 11.3 Å².